The summed E-state index contributed by atoms with van der Waals surface area (Å²) in [5, 5.41) is 8.75. The van der Waals surface area contributed by atoms with Gasteiger partial charge in [-0.15, -0.1) is 0 Å². The van der Waals surface area contributed by atoms with Gasteiger partial charge in [0.2, 0.25) is 5.91 Å². The molecule has 1 aromatic rings. The van der Waals surface area contributed by atoms with E-state index in [0.717, 1.165) is 38.7 Å². The topological polar surface area (TPSA) is 88.7 Å². The zero-order valence-corrected chi connectivity index (χ0v) is 15.9. The van der Waals surface area contributed by atoms with Crippen LogP contribution >= 0.6 is 0 Å². The van der Waals surface area contributed by atoms with Crippen LogP contribution in [0.3, 0.4) is 0 Å². The lowest BCUT2D eigenvalue weighted by Crippen LogP contribution is -2.61. The van der Waals surface area contributed by atoms with Gasteiger partial charge >= 0.3 is 6.03 Å². The summed E-state index contributed by atoms with van der Waals surface area (Å²) in [6, 6.07) is 6.81. The number of methoxy groups -OCH3 is 1. The van der Waals surface area contributed by atoms with E-state index < -0.39 is 11.6 Å². The highest BCUT2D eigenvalue weighted by atomic mass is 16.5. The molecule has 1 heterocycles. The zero-order chi connectivity index (χ0) is 19.1. The summed E-state index contributed by atoms with van der Waals surface area (Å²) < 4.78 is 10.8. The molecule has 1 aliphatic carbocycles. The molecule has 1 saturated carbocycles. The van der Waals surface area contributed by atoms with E-state index in [1.807, 2.05) is 12.1 Å². The predicted octanol–water partition coefficient (Wildman–Crippen LogP) is 2.81. The number of urea groups is 1. The van der Waals surface area contributed by atoms with Crippen molar-refractivity contribution in [3.05, 3.63) is 24.3 Å². The van der Waals surface area contributed by atoms with Crippen molar-refractivity contribution in [1.82, 2.24) is 10.6 Å². The van der Waals surface area contributed by atoms with Gasteiger partial charge in [-0.3, -0.25) is 4.79 Å². The Morgan fingerprint density at radius 3 is 2.67 bits per heavy atom. The van der Waals surface area contributed by atoms with Gasteiger partial charge in [0.1, 0.15) is 11.3 Å². The molecule has 3 N–H and O–H groups in total. The number of para-hydroxylation sites is 2. The van der Waals surface area contributed by atoms with E-state index in [0.29, 0.717) is 30.8 Å². The smallest absolute Gasteiger partial charge is 0.320 e. The number of benzene rings is 1. The van der Waals surface area contributed by atoms with Crippen molar-refractivity contribution in [2.45, 2.75) is 56.6 Å². The van der Waals surface area contributed by atoms with E-state index in [1.165, 1.54) is 0 Å². The van der Waals surface area contributed by atoms with E-state index in [2.05, 4.69) is 16.0 Å². The second-order valence-corrected chi connectivity index (χ2v) is 7.27. The number of carbonyl (C=O) groups is 2. The SMILES string of the molecule is COc1ccccc1NC(=O)NC1(C(=O)NC[C@@H]2CCCO2)CCCCC1. The molecule has 1 aromatic carbocycles. The molecule has 2 fully saturated rings. The molecule has 0 unspecified atom stereocenters. The molecule has 2 aliphatic rings. The minimum absolute atomic E-state index is 0.0806. The molecule has 0 radical (unpaired) electrons. The van der Waals surface area contributed by atoms with Crippen LogP contribution in [-0.4, -0.2) is 43.8 Å². The summed E-state index contributed by atoms with van der Waals surface area (Å²) in [5.41, 5.74) is -0.300. The normalized spacial score (nSPS) is 21.3. The number of ether oxygens (including phenoxy) is 2. The van der Waals surface area contributed by atoms with E-state index in [1.54, 1.807) is 19.2 Å². The molecule has 0 bridgehead atoms. The van der Waals surface area contributed by atoms with Crippen LogP contribution in [0, 0.1) is 0 Å². The van der Waals surface area contributed by atoms with Crippen molar-refractivity contribution in [3.8, 4) is 5.75 Å². The van der Waals surface area contributed by atoms with Crippen molar-refractivity contribution < 1.29 is 19.1 Å². The van der Waals surface area contributed by atoms with Gasteiger partial charge in [0.15, 0.2) is 0 Å². The first-order valence-corrected chi connectivity index (χ1v) is 9.75. The maximum atomic E-state index is 13.0. The molecule has 3 amide bonds. The Kier molecular flexibility index (Phi) is 6.55. The number of rotatable bonds is 6. The Morgan fingerprint density at radius 2 is 1.96 bits per heavy atom. The van der Waals surface area contributed by atoms with Crippen LogP contribution in [0.15, 0.2) is 24.3 Å². The monoisotopic (exact) mass is 375 g/mol. The molecule has 0 aromatic heterocycles. The van der Waals surface area contributed by atoms with Gasteiger partial charge < -0.3 is 25.4 Å². The molecule has 148 valence electrons. The number of anilines is 1. The first-order chi connectivity index (χ1) is 13.1. The summed E-state index contributed by atoms with van der Waals surface area (Å²) in [4.78, 5) is 25.6. The summed E-state index contributed by atoms with van der Waals surface area (Å²) in [7, 11) is 1.56. The van der Waals surface area contributed by atoms with Gasteiger partial charge in [-0.05, 0) is 37.8 Å². The molecule has 27 heavy (non-hydrogen) atoms. The van der Waals surface area contributed by atoms with Crippen LogP contribution in [-0.2, 0) is 9.53 Å². The highest BCUT2D eigenvalue weighted by molar-refractivity contribution is 5.96. The summed E-state index contributed by atoms with van der Waals surface area (Å²) in [6.45, 7) is 1.25. The molecule has 1 saturated heterocycles. The van der Waals surface area contributed by atoms with Crippen molar-refractivity contribution in [3.63, 3.8) is 0 Å². The molecule has 3 rings (SSSR count). The average molecular weight is 375 g/mol. The van der Waals surface area contributed by atoms with Crippen molar-refractivity contribution in [2.75, 3.05) is 25.6 Å². The molecule has 7 heteroatoms. The molecule has 1 aliphatic heterocycles. The van der Waals surface area contributed by atoms with Crippen LogP contribution in [0.4, 0.5) is 10.5 Å². The largest absolute Gasteiger partial charge is 0.495 e. The van der Waals surface area contributed by atoms with Crippen LogP contribution in [0.2, 0.25) is 0 Å². The van der Waals surface area contributed by atoms with Crippen molar-refractivity contribution >= 4 is 17.6 Å². The Labute approximate surface area is 160 Å². The summed E-state index contributed by atoms with van der Waals surface area (Å²) >= 11 is 0. The fourth-order valence-electron chi connectivity index (χ4n) is 3.86. The first kappa shape index (κ1) is 19.5. The van der Waals surface area contributed by atoms with Crippen LogP contribution < -0.4 is 20.7 Å². The highest BCUT2D eigenvalue weighted by Gasteiger charge is 2.41. The van der Waals surface area contributed by atoms with Gasteiger partial charge in [0.05, 0.1) is 18.9 Å². The summed E-state index contributed by atoms with van der Waals surface area (Å²) in [5.74, 6) is 0.459. The van der Waals surface area contributed by atoms with Crippen LogP contribution in [0.5, 0.6) is 5.75 Å². The highest BCUT2D eigenvalue weighted by Crippen LogP contribution is 2.29. The van der Waals surface area contributed by atoms with E-state index in [9.17, 15) is 9.59 Å². The lowest BCUT2D eigenvalue weighted by Gasteiger charge is -2.36. The second kappa shape index (κ2) is 9.08. The van der Waals surface area contributed by atoms with Crippen LogP contribution in [0.1, 0.15) is 44.9 Å². The Hall–Kier alpha value is -2.28. The maximum absolute atomic E-state index is 13.0. The Morgan fingerprint density at radius 1 is 1.19 bits per heavy atom. The first-order valence-electron chi connectivity index (χ1n) is 9.75. The van der Waals surface area contributed by atoms with E-state index >= 15 is 0 Å². The number of hydrogen-bond acceptors (Lipinski definition) is 4. The van der Waals surface area contributed by atoms with Gasteiger partial charge in [0.25, 0.3) is 0 Å². The molecular formula is C20H29N3O4. The van der Waals surface area contributed by atoms with Gasteiger partial charge in [-0.2, -0.15) is 0 Å². The third-order valence-electron chi connectivity index (χ3n) is 5.36. The van der Waals surface area contributed by atoms with Gasteiger partial charge in [-0.25, -0.2) is 4.79 Å². The minimum Gasteiger partial charge on any atom is -0.495 e. The van der Waals surface area contributed by atoms with Crippen LogP contribution in [0.25, 0.3) is 0 Å². The third-order valence-corrected chi connectivity index (χ3v) is 5.36. The number of amides is 3. The quantitative estimate of drug-likeness (QED) is 0.713. The zero-order valence-electron chi connectivity index (χ0n) is 15.9. The standard InChI is InChI=1S/C20H29N3O4/c1-26-17-10-4-3-9-16(17)22-19(25)23-20(11-5-2-6-12-20)18(24)21-14-15-8-7-13-27-15/h3-4,9-10,15H,2,5-8,11-14H2,1H3,(H,21,24)(H2,22,23,25)/t15-/m0/s1. The molecule has 0 spiro atoms. The van der Waals surface area contributed by atoms with Gasteiger partial charge in [0, 0.05) is 13.2 Å². The third kappa shape index (κ3) is 4.91. The molecule has 7 nitrogen and oxygen atoms in total. The van der Waals surface area contributed by atoms with Crippen molar-refractivity contribution in [2.24, 2.45) is 0 Å². The average Bonchev–Trinajstić information content (AvgIpc) is 3.20. The Balaban J connectivity index is 1.64. The van der Waals surface area contributed by atoms with E-state index in [-0.39, 0.29) is 12.0 Å². The van der Waals surface area contributed by atoms with Crippen molar-refractivity contribution in [1.29, 1.82) is 0 Å². The number of nitrogens with one attached hydrogen (secondary N) is 3. The second-order valence-electron chi connectivity index (χ2n) is 7.27. The predicted molar refractivity (Wildman–Crippen MR) is 103 cm³/mol. The minimum atomic E-state index is -0.872. The Bertz CT molecular complexity index is 652. The summed E-state index contributed by atoms with van der Waals surface area (Å²) in [6.07, 6.45) is 6.28. The number of hydrogen-bond donors (Lipinski definition) is 3. The maximum Gasteiger partial charge on any atom is 0.320 e. The number of carbonyl (C=O) groups excluding carboxylic acids is 2. The fourth-order valence-corrected chi connectivity index (χ4v) is 3.86. The lowest BCUT2D eigenvalue weighted by molar-refractivity contribution is -0.129. The van der Waals surface area contributed by atoms with Gasteiger partial charge in [-0.1, -0.05) is 31.4 Å². The van der Waals surface area contributed by atoms with E-state index in [4.69, 9.17) is 9.47 Å². The lowest BCUT2D eigenvalue weighted by atomic mass is 9.81. The molecule has 1 atom stereocenters. The fraction of sp³-hybridized carbons (Fsp3) is 0.600. The molecular weight excluding hydrogens is 346 g/mol.